The lowest BCUT2D eigenvalue weighted by atomic mass is 9.88. The summed E-state index contributed by atoms with van der Waals surface area (Å²) < 4.78 is 43.0. The molecule has 0 bridgehead atoms. The standard InChI is InChI=1S/C21H30F3N5O2/c1-25-20(26-10-12-31-18-8-7-16(13-27-18)21(22,23)24)28-17-9-11-29(14-17)19(30)15-5-3-2-4-6-15/h7-8,13,15,17H,2-6,9-12,14H2,1H3,(H2,25,26,28). The van der Waals surface area contributed by atoms with Crippen molar-refractivity contribution in [3.63, 3.8) is 0 Å². The normalized spacial score (nSPS) is 20.6. The Morgan fingerprint density at radius 2 is 2.03 bits per heavy atom. The number of likely N-dealkylation sites (tertiary alicyclic amines) is 1. The summed E-state index contributed by atoms with van der Waals surface area (Å²) in [6.07, 6.45) is 2.74. The van der Waals surface area contributed by atoms with Crippen molar-refractivity contribution in [2.75, 3.05) is 33.3 Å². The number of rotatable bonds is 6. The highest BCUT2D eigenvalue weighted by Gasteiger charge is 2.32. The molecule has 1 aromatic rings. The monoisotopic (exact) mass is 441 g/mol. The van der Waals surface area contributed by atoms with E-state index in [0.29, 0.717) is 19.0 Å². The number of aliphatic imine (C=N–C) groups is 1. The molecule has 1 saturated heterocycles. The third kappa shape index (κ3) is 6.73. The molecule has 2 heterocycles. The fourth-order valence-corrected chi connectivity index (χ4v) is 4.03. The Morgan fingerprint density at radius 3 is 2.68 bits per heavy atom. The number of carbonyl (C=O) groups excluding carboxylic acids is 1. The highest BCUT2D eigenvalue weighted by atomic mass is 19.4. The molecular formula is C21H30F3N5O2. The Morgan fingerprint density at radius 1 is 1.26 bits per heavy atom. The molecule has 31 heavy (non-hydrogen) atoms. The van der Waals surface area contributed by atoms with E-state index in [4.69, 9.17) is 4.74 Å². The molecule has 1 aliphatic heterocycles. The highest BCUT2D eigenvalue weighted by Crippen LogP contribution is 2.29. The molecule has 1 atom stereocenters. The van der Waals surface area contributed by atoms with Crippen molar-refractivity contribution in [2.24, 2.45) is 10.9 Å². The van der Waals surface area contributed by atoms with Crippen LogP contribution < -0.4 is 15.4 Å². The molecule has 1 amide bonds. The van der Waals surface area contributed by atoms with Gasteiger partial charge in [0.2, 0.25) is 11.8 Å². The number of pyridine rings is 1. The number of amides is 1. The first-order valence-corrected chi connectivity index (χ1v) is 10.8. The molecule has 1 aromatic heterocycles. The number of halogens is 3. The van der Waals surface area contributed by atoms with Crippen molar-refractivity contribution in [3.05, 3.63) is 23.9 Å². The minimum Gasteiger partial charge on any atom is -0.476 e. The third-order valence-corrected chi connectivity index (χ3v) is 5.73. The van der Waals surface area contributed by atoms with Crippen LogP contribution in [0.5, 0.6) is 5.88 Å². The molecule has 1 aliphatic carbocycles. The summed E-state index contributed by atoms with van der Waals surface area (Å²) in [6.45, 7) is 2.05. The van der Waals surface area contributed by atoms with Crippen molar-refractivity contribution in [1.82, 2.24) is 20.5 Å². The minimum absolute atomic E-state index is 0.130. The molecule has 10 heteroatoms. The molecule has 3 rings (SSSR count). The van der Waals surface area contributed by atoms with Crippen LogP contribution in [0.2, 0.25) is 0 Å². The van der Waals surface area contributed by atoms with Gasteiger partial charge in [-0.25, -0.2) is 4.98 Å². The summed E-state index contributed by atoms with van der Waals surface area (Å²) in [6, 6.07) is 2.28. The van der Waals surface area contributed by atoms with E-state index in [1.54, 1.807) is 7.05 Å². The van der Waals surface area contributed by atoms with Crippen LogP contribution in [-0.4, -0.2) is 61.1 Å². The molecule has 2 aliphatic rings. The number of ether oxygens (including phenoxy) is 1. The van der Waals surface area contributed by atoms with Gasteiger partial charge in [0, 0.05) is 44.4 Å². The fourth-order valence-electron chi connectivity index (χ4n) is 4.03. The lowest BCUT2D eigenvalue weighted by molar-refractivity contribution is -0.138. The molecule has 2 fully saturated rings. The van der Waals surface area contributed by atoms with Gasteiger partial charge in [-0.15, -0.1) is 0 Å². The zero-order chi connectivity index (χ0) is 22.3. The smallest absolute Gasteiger partial charge is 0.417 e. The average Bonchev–Trinajstić information content (AvgIpc) is 3.24. The van der Waals surface area contributed by atoms with E-state index in [1.807, 2.05) is 4.90 Å². The van der Waals surface area contributed by atoms with Crippen LogP contribution in [-0.2, 0) is 11.0 Å². The summed E-state index contributed by atoms with van der Waals surface area (Å²) in [4.78, 5) is 22.5. The number of nitrogens with one attached hydrogen (secondary N) is 2. The molecule has 2 N–H and O–H groups in total. The molecule has 7 nitrogen and oxygen atoms in total. The molecule has 172 valence electrons. The van der Waals surface area contributed by atoms with Gasteiger partial charge >= 0.3 is 6.18 Å². The topological polar surface area (TPSA) is 78.9 Å². The van der Waals surface area contributed by atoms with E-state index < -0.39 is 11.7 Å². The number of alkyl halides is 3. The van der Waals surface area contributed by atoms with Gasteiger partial charge < -0.3 is 20.3 Å². The maximum Gasteiger partial charge on any atom is 0.417 e. The second-order valence-electron chi connectivity index (χ2n) is 7.98. The zero-order valence-corrected chi connectivity index (χ0v) is 17.7. The van der Waals surface area contributed by atoms with E-state index in [1.165, 1.54) is 12.5 Å². The molecule has 0 spiro atoms. The molecule has 1 unspecified atom stereocenters. The van der Waals surface area contributed by atoms with Crippen molar-refractivity contribution in [1.29, 1.82) is 0 Å². The van der Waals surface area contributed by atoms with Crippen molar-refractivity contribution in [2.45, 2.75) is 50.7 Å². The zero-order valence-electron chi connectivity index (χ0n) is 17.7. The van der Waals surface area contributed by atoms with Gasteiger partial charge in [-0.2, -0.15) is 13.2 Å². The number of carbonyl (C=O) groups is 1. The van der Waals surface area contributed by atoms with E-state index in [2.05, 4.69) is 20.6 Å². The Kier molecular flexibility index (Phi) is 7.97. The highest BCUT2D eigenvalue weighted by molar-refractivity contribution is 5.81. The van der Waals surface area contributed by atoms with Crippen LogP contribution >= 0.6 is 0 Å². The first-order valence-electron chi connectivity index (χ1n) is 10.8. The summed E-state index contributed by atoms with van der Waals surface area (Å²) in [5.74, 6) is 1.19. The lowest BCUT2D eigenvalue weighted by Gasteiger charge is -2.26. The van der Waals surface area contributed by atoms with E-state index >= 15 is 0 Å². The van der Waals surface area contributed by atoms with Gasteiger partial charge in [-0.05, 0) is 25.3 Å². The number of aromatic nitrogens is 1. The van der Waals surface area contributed by atoms with Gasteiger partial charge in [0.1, 0.15) is 6.61 Å². The van der Waals surface area contributed by atoms with Crippen molar-refractivity contribution < 1.29 is 22.7 Å². The Balaban J connectivity index is 1.36. The van der Waals surface area contributed by atoms with Gasteiger partial charge in [0.15, 0.2) is 5.96 Å². The third-order valence-electron chi connectivity index (χ3n) is 5.73. The number of nitrogens with zero attached hydrogens (tertiary/aromatic N) is 3. The van der Waals surface area contributed by atoms with E-state index in [0.717, 1.165) is 50.9 Å². The van der Waals surface area contributed by atoms with Crippen molar-refractivity contribution >= 4 is 11.9 Å². The van der Waals surface area contributed by atoms with Crippen LogP contribution in [0.1, 0.15) is 44.1 Å². The summed E-state index contributed by atoms with van der Waals surface area (Å²) >= 11 is 0. The molecular weight excluding hydrogens is 411 g/mol. The summed E-state index contributed by atoms with van der Waals surface area (Å²) in [5.41, 5.74) is -0.810. The van der Waals surface area contributed by atoms with Crippen LogP contribution in [0, 0.1) is 5.92 Å². The number of hydrogen-bond donors (Lipinski definition) is 2. The SMILES string of the molecule is CN=C(NCCOc1ccc(C(F)(F)F)cn1)NC1CCN(C(=O)C2CCCCC2)C1. The first-order chi connectivity index (χ1) is 14.9. The number of hydrogen-bond acceptors (Lipinski definition) is 4. The van der Waals surface area contributed by atoms with Crippen LogP contribution in [0.3, 0.4) is 0 Å². The second kappa shape index (κ2) is 10.7. The Labute approximate surface area is 180 Å². The van der Waals surface area contributed by atoms with Gasteiger partial charge in [-0.3, -0.25) is 9.79 Å². The minimum atomic E-state index is -4.41. The van der Waals surface area contributed by atoms with Crippen LogP contribution in [0.25, 0.3) is 0 Å². The predicted octanol–water partition coefficient (Wildman–Crippen LogP) is 2.83. The maximum atomic E-state index is 12.7. The van der Waals surface area contributed by atoms with Crippen LogP contribution in [0.15, 0.2) is 23.3 Å². The predicted molar refractivity (Wildman–Crippen MR) is 111 cm³/mol. The second-order valence-corrected chi connectivity index (χ2v) is 7.98. The summed E-state index contributed by atoms with van der Waals surface area (Å²) in [5, 5.41) is 6.44. The number of guanidine groups is 1. The van der Waals surface area contributed by atoms with Gasteiger partial charge in [-0.1, -0.05) is 19.3 Å². The summed E-state index contributed by atoms with van der Waals surface area (Å²) in [7, 11) is 1.66. The molecule has 0 aromatic carbocycles. The van der Waals surface area contributed by atoms with E-state index in [9.17, 15) is 18.0 Å². The lowest BCUT2D eigenvalue weighted by Crippen LogP contribution is -2.46. The Bertz CT molecular complexity index is 748. The van der Waals surface area contributed by atoms with E-state index in [-0.39, 0.29) is 30.4 Å². The quantitative estimate of drug-likeness (QED) is 0.403. The largest absolute Gasteiger partial charge is 0.476 e. The molecule has 0 radical (unpaired) electrons. The van der Waals surface area contributed by atoms with Crippen molar-refractivity contribution in [3.8, 4) is 5.88 Å². The first kappa shape index (κ1) is 23.1. The average molecular weight is 441 g/mol. The van der Waals surface area contributed by atoms with Gasteiger partial charge in [0.25, 0.3) is 0 Å². The fraction of sp³-hybridized carbons (Fsp3) is 0.667. The maximum absolute atomic E-state index is 12.7. The molecule has 1 saturated carbocycles. The Hall–Kier alpha value is -2.52. The van der Waals surface area contributed by atoms with Gasteiger partial charge in [0.05, 0.1) is 12.1 Å². The van der Waals surface area contributed by atoms with Crippen LogP contribution in [0.4, 0.5) is 13.2 Å².